The maximum atomic E-state index is 13.8. The number of nitrogens with zero attached hydrogens (tertiary/aromatic N) is 5. The molecule has 8 heteroatoms. The minimum Gasteiger partial charge on any atom is -0.368 e. The summed E-state index contributed by atoms with van der Waals surface area (Å²) >= 11 is 0. The maximum absolute atomic E-state index is 13.8. The van der Waals surface area contributed by atoms with E-state index in [1.165, 1.54) is 6.07 Å². The third kappa shape index (κ3) is 3.44. The van der Waals surface area contributed by atoms with Crippen LogP contribution in [0.25, 0.3) is 17.0 Å². The van der Waals surface area contributed by atoms with Gasteiger partial charge in [-0.2, -0.15) is 5.10 Å². The molecule has 0 fully saturated rings. The van der Waals surface area contributed by atoms with Crippen LogP contribution in [0.3, 0.4) is 0 Å². The Balaban J connectivity index is 1.52. The number of aryl methyl sites for hydroxylation is 1. The largest absolute Gasteiger partial charge is 0.368 e. The highest BCUT2D eigenvalue weighted by molar-refractivity contribution is 5.82. The third-order valence-corrected chi connectivity index (χ3v) is 4.40. The lowest BCUT2D eigenvalue weighted by atomic mass is 10.0. The van der Waals surface area contributed by atoms with Crippen LogP contribution < -0.4 is 5.73 Å². The molecule has 4 aromatic rings. The number of rotatable bonds is 5. The molecule has 2 N–H and O–H groups in total. The molecule has 28 heavy (non-hydrogen) atoms. The van der Waals surface area contributed by atoms with E-state index in [-0.39, 0.29) is 30.4 Å². The van der Waals surface area contributed by atoms with Crippen LogP contribution >= 0.6 is 0 Å². The van der Waals surface area contributed by atoms with E-state index in [1.54, 1.807) is 34.7 Å². The number of anilines is 1. The molecule has 0 radical (unpaired) electrons. The van der Waals surface area contributed by atoms with Crippen molar-refractivity contribution in [3.63, 3.8) is 0 Å². The lowest BCUT2D eigenvalue weighted by Crippen LogP contribution is -2.10. The Morgan fingerprint density at radius 1 is 1.04 bits per heavy atom. The first kappa shape index (κ1) is 17.7. The summed E-state index contributed by atoms with van der Waals surface area (Å²) in [5.41, 5.74) is 9.59. The quantitative estimate of drug-likeness (QED) is 0.575. The Hall–Kier alpha value is -3.68. The highest BCUT2D eigenvalue weighted by Crippen LogP contribution is 2.20. The maximum Gasteiger partial charge on any atom is 0.227 e. The van der Waals surface area contributed by atoms with Gasteiger partial charge < -0.3 is 5.73 Å². The Morgan fingerprint density at radius 2 is 1.89 bits per heavy atom. The number of nitrogen functional groups attached to an aromatic ring is 1. The van der Waals surface area contributed by atoms with E-state index in [9.17, 15) is 9.18 Å². The topological polar surface area (TPSA) is 99.1 Å². The molecule has 0 bridgehead atoms. The number of hydrogen-bond donors (Lipinski definition) is 1. The van der Waals surface area contributed by atoms with E-state index >= 15 is 0 Å². The number of ketones is 1. The summed E-state index contributed by atoms with van der Waals surface area (Å²) in [5.74, 6) is -0.247. The van der Waals surface area contributed by atoms with Crippen molar-refractivity contribution in [1.82, 2.24) is 24.8 Å². The zero-order valence-electron chi connectivity index (χ0n) is 15.1. The molecule has 0 unspecified atom stereocenters. The molecular weight excluding hydrogens is 359 g/mol. The molecule has 1 aromatic carbocycles. The molecule has 0 atom stereocenters. The number of aromatic nitrogens is 5. The molecule has 0 amide bonds. The molecule has 3 aromatic heterocycles. The van der Waals surface area contributed by atoms with Crippen molar-refractivity contribution < 1.29 is 9.18 Å². The minimum atomic E-state index is -0.375. The van der Waals surface area contributed by atoms with Gasteiger partial charge in [-0.15, -0.1) is 15.3 Å². The summed E-state index contributed by atoms with van der Waals surface area (Å²) < 4.78 is 15.5. The van der Waals surface area contributed by atoms with E-state index < -0.39 is 0 Å². The molecular formula is C20H17FN6O. The van der Waals surface area contributed by atoms with Crippen molar-refractivity contribution in [2.45, 2.75) is 19.8 Å². The number of hydrogen-bond acceptors (Lipinski definition) is 6. The van der Waals surface area contributed by atoms with Crippen LogP contribution in [0, 0.1) is 12.7 Å². The van der Waals surface area contributed by atoms with Crippen LogP contribution in [0.15, 0.2) is 48.5 Å². The van der Waals surface area contributed by atoms with Crippen molar-refractivity contribution in [2.24, 2.45) is 0 Å². The number of nitrogens with two attached hydrogens (primary N) is 1. The van der Waals surface area contributed by atoms with E-state index in [0.717, 1.165) is 5.56 Å². The summed E-state index contributed by atoms with van der Waals surface area (Å²) in [6, 6.07) is 13.7. The van der Waals surface area contributed by atoms with Gasteiger partial charge in [-0.1, -0.05) is 23.8 Å². The fraction of sp³-hybridized carbons (Fsp3) is 0.150. The molecule has 3 heterocycles. The summed E-state index contributed by atoms with van der Waals surface area (Å²) in [7, 11) is 0. The van der Waals surface area contributed by atoms with Gasteiger partial charge in [0.15, 0.2) is 5.65 Å². The Morgan fingerprint density at radius 3 is 2.68 bits per heavy atom. The summed E-state index contributed by atoms with van der Waals surface area (Å²) in [5, 5.41) is 16.2. The van der Waals surface area contributed by atoms with E-state index in [4.69, 9.17) is 5.73 Å². The highest BCUT2D eigenvalue weighted by atomic mass is 19.1. The summed E-state index contributed by atoms with van der Waals surface area (Å²) in [4.78, 5) is 12.3. The lowest BCUT2D eigenvalue weighted by Gasteiger charge is -2.06. The zero-order valence-corrected chi connectivity index (χ0v) is 15.1. The predicted octanol–water partition coefficient (Wildman–Crippen LogP) is 2.57. The third-order valence-electron chi connectivity index (χ3n) is 4.40. The van der Waals surface area contributed by atoms with Crippen LogP contribution in [0.5, 0.6) is 0 Å². The zero-order chi connectivity index (χ0) is 19.7. The number of Topliss-reactive ketones (excluding diaryl/α,β-unsaturated/α-hetero) is 1. The first-order valence-corrected chi connectivity index (χ1v) is 8.70. The summed E-state index contributed by atoms with van der Waals surface area (Å²) in [6.45, 7) is 1.86. The number of carbonyl (C=O) groups is 1. The van der Waals surface area contributed by atoms with Crippen molar-refractivity contribution in [2.75, 3.05) is 5.73 Å². The smallest absolute Gasteiger partial charge is 0.227 e. The van der Waals surface area contributed by atoms with Gasteiger partial charge in [0.25, 0.3) is 0 Å². The van der Waals surface area contributed by atoms with Gasteiger partial charge in [0.05, 0.1) is 17.8 Å². The van der Waals surface area contributed by atoms with Crippen molar-refractivity contribution >= 4 is 17.4 Å². The van der Waals surface area contributed by atoms with E-state index in [2.05, 4.69) is 20.4 Å². The second kappa shape index (κ2) is 7.15. The molecule has 0 aliphatic carbocycles. The Labute approximate surface area is 160 Å². The average molecular weight is 376 g/mol. The van der Waals surface area contributed by atoms with Gasteiger partial charge in [0, 0.05) is 6.42 Å². The minimum absolute atomic E-state index is 0.0213. The number of fused-ring (bicyclic) bond motifs is 1. The molecule has 0 saturated heterocycles. The molecule has 0 spiro atoms. The number of halogens is 1. The van der Waals surface area contributed by atoms with Gasteiger partial charge in [-0.05, 0) is 42.8 Å². The molecule has 0 aliphatic heterocycles. The van der Waals surface area contributed by atoms with Gasteiger partial charge in [-0.25, -0.2) is 4.39 Å². The van der Waals surface area contributed by atoms with Crippen molar-refractivity contribution in [3.8, 4) is 11.4 Å². The normalized spacial score (nSPS) is 11.1. The van der Waals surface area contributed by atoms with Crippen molar-refractivity contribution in [3.05, 3.63) is 71.2 Å². The SMILES string of the molecule is Cc1ccc(F)c(CC(=O)Cc2ccc(-c3cccc4nnc(N)n34)nn2)c1. The van der Waals surface area contributed by atoms with Crippen LogP contribution in [0.1, 0.15) is 16.8 Å². The molecule has 7 nitrogen and oxygen atoms in total. The highest BCUT2D eigenvalue weighted by Gasteiger charge is 2.13. The average Bonchev–Trinajstić information content (AvgIpc) is 3.07. The lowest BCUT2D eigenvalue weighted by molar-refractivity contribution is -0.117. The fourth-order valence-corrected chi connectivity index (χ4v) is 3.07. The Kier molecular flexibility index (Phi) is 4.52. The van der Waals surface area contributed by atoms with Gasteiger partial charge in [-0.3, -0.25) is 9.20 Å². The Bertz CT molecular complexity index is 1170. The van der Waals surface area contributed by atoms with E-state index in [1.807, 2.05) is 19.1 Å². The van der Waals surface area contributed by atoms with Gasteiger partial charge in [0.1, 0.15) is 17.3 Å². The molecule has 0 saturated carbocycles. The standard InChI is InChI=1S/C20H17FN6O/c1-12-5-7-16(21)13(9-12)10-15(28)11-14-6-8-17(24-23-14)18-3-2-4-19-25-26-20(22)27(18)19/h2-9H,10-11H2,1H3,(H2,22,26). The molecule has 0 aliphatic rings. The van der Waals surface area contributed by atoms with Crippen molar-refractivity contribution in [1.29, 1.82) is 0 Å². The number of benzene rings is 1. The molecule has 140 valence electrons. The van der Waals surface area contributed by atoms with Crippen LogP contribution in [-0.2, 0) is 17.6 Å². The number of pyridine rings is 1. The predicted molar refractivity (Wildman–Crippen MR) is 102 cm³/mol. The van der Waals surface area contributed by atoms with Crippen LogP contribution in [-0.4, -0.2) is 30.6 Å². The van der Waals surface area contributed by atoms with Gasteiger partial charge >= 0.3 is 0 Å². The monoisotopic (exact) mass is 376 g/mol. The van der Waals surface area contributed by atoms with Crippen LogP contribution in [0.4, 0.5) is 10.3 Å². The van der Waals surface area contributed by atoms with Crippen LogP contribution in [0.2, 0.25) is 0 Å². The first-order chi connectivity index (χ1) is 13.5. The van der Waals surface area contributed by atoms with E-state index in [0.29, 0.717) is 28.3 Å². The first-order valence-electron chi connectivity index (χ1n) is 8.70. The summed E-state index contributed by atoms with van der Waals surface area (Å²) in [6.07, 6.45) is 0.104. The second-order valence-corrected chi connectivity index (χ2v) is 6.56. The molecule has 4 rings (SSSR count). The number of carbonyl (C=O) groups excluding carboxylic acids is 1. The van der Waals surface area contributed by atoms with Gasteiger partial charge in [0.2, 0.25) is 5.95 Å². The fourth-order valence-electron chi connectivity index (χ4n) is 3.07. The second-order valence-electron chi connectivity index (χ2n) is 6.56.